The fraction of sp³-hybridized carbons (Fsp3) is 0.480. The summed E-state index contributed by atoms with van der Waals surface area (Å²) in [5.41, 5.74) is 1.34. The van der Waals surface area contributed by atoms with Gasteiger partial charge in [-0.3, -0.25) is 14.6 Å². The summed E-state index contributed by atoms with van der Waals surface area (Å²) in [5, 5.41) is 3.24. The van der Waals surface area contributed by atoms with Crippen LogP contribution in [0.5, 0.6) is 11.5 Å². The molecule has 2 aromatic carbocycles. The summed E-state index contributed by atoms with van der Waals surface area (Å²) in [5.74, 6) is 1.52. The summed E-state index contributed by atoms with van der Waals surface area (Å²) in [7, 11) is 3.59. The van der Waals surface area contributed by atoms with Crippen molar-refractivity contribution in [2.24, 2.45) is 0 Å². The number of likely N-dealkylation sites (N-methyl/N-ethyl adjacent to an activating group) is 1. The lowest BCUT2D eigenvalue weighted by molar-refractivity contribution is -0.126. The van der Waals surface area contributed by atoms with Gasteiger partial charge in [-0.25, -0.2) is 0 Å². The van der Waals surface area contributed by atoms with Crippen molar-refractivity contribution < 1.29 is 14.3 Å². The summed E-state index contributed by atoms with van der Waals surface area (Å²) in [6, 6.07) is 18.2. The molecule has 168 valence electrons. The molecule has 6 heteroatoms. The number of hydrogen-bond donors (Lipinski definition) is 1. The second-order valence-corrected chi connectivity index (χ2v) is 8.20. The Labute approximate surface area is 186 Å². The number of amides is 1. The Morgan fingerprint density at radius 2 is 1.74 bits per heavy atom. The third kappa shape index (κ3) is 6.97. The minimum Gasteiger partial charge on any atom is -0.493 e. The van der Waals surface area contributed by atoms with Crippen LogP contribution in [0.3, 0.4) is 0 Å². The molecule has 31 heavy (non-hydrogen) atoms. The maximum Gasteiger partial charge on any atom is 0.237 e. The van der Waals surface area contributed by atoms with Crippen molar-refractivity contribution in [3.8, 4) is 11.5 Å². The van der Waals surface area contributed by atoms with Gasteiger partial charge in [0.15, 0.2) is 11.5 Å². The first-order valence-corrected chi connectivity index (χ1v) is 11.1. The van der Waals surface area contributed by atoms with Crippen molar-refractivity contribution in [1.82, 2.24) is 15.1 Å². The van der Waals surface area contributed by atoms with Gasteiger partial charge in [-0.1, -0.05) is 42.5 Å². The number of benzene rings is 2. The quantitative estimate of drug-likeness (QED) is 0.634. The molecule has 0 aliphatic carbocycles. The van der Waals surface area contributed by atoms with Gasteiger partial charge in [0.1, 0.15) is 6.61 Å². The standard InChI is InChI=1S/C25H35N3O3/c1-20(27(2)17-18-31-24-12-8-7-11-23(24)30-3)25(29)26-22-13-15-28(16-14-22)19-21-9-5-4-6-10-21/h4-12,20,22H,13-19H2,1-3H3,(H,26,29). The third-order valence-corrected chi connectivity index (χ3v) is 5.99. The second kappa shape index (κ2) is 11.7. The van der Waals surface area contributed by atoms with Crippen molar-refractivity contribution in [2.75, 3.05) is 40.4 Å². The van der Waals surface area contributed by atoms with Crippen LogP contribution in [0.2, 0.25) is 0 Å². The number of likely N-dealkylation sites (tertiary alicyclic amines) is 1. The monoisotopic (exact) mass is 425 g/mol. The van der Waals surface area contributed by atoms with Crippen LogP contribution in [-0.4, -0.2) is 68.2 Å². The number of ether oxygens (including phenoxy) is 2. The zero-order chi connectivity index (χ0) is 22.1. The second-order valence-electron chi connectivity index (χ2n) is 8.20. The third-order valence-electron chi connectivity index (χ3n) is 5.99. The molecule has 1 heterocycles. The van der Waals surface area contributed by atoms with Gasteiger partial charge < -0.3 is 14.8 Å². The summed E-state index contributed by atoms with van der Waals surface area (Å²) >= 11 is 0. The van der Waals surface area contributed by atoms with Crippen LogP contribution in [0.15, 0.2) is 54.6 Å². The van der Waals surface area contributed by atoms with E-state index in [1.165, 1.54) is 5.56 Å². The highest BCUT2D eigenvalue weighted by Crippen LogP contribution is 2.25. The Morgan fingerprint density at radius 3 is 2.42 bits per heavy atom. The molecular weight excluding hydrogens is 390 g/mol. The molecule has 1 amide bonds. The van der Waals surface area contributed by atoms with Gasteiger partial charge in [0.2, 0.25) is 5.91 Å². The Bertz CT molecular complexity index is 807. The molecule has 0 bridgehead atoms. The van der Waals surface area contributed by atoms with Crippen LogP contribution < -0.4 is 14.8 Å². The number of methoxy groups -OCH3 is 1. The molecule has 6 nitrogen and oxygen atoms in total. The average molecular weight is 426 g/mol. The Morgan fingerprint density at radius 1 is 1.10 bits per heavy atom. The van der Waals surface area contributed by atoms with Crippen molar-refractivity contribution >= 4 is 5.91 Å². The molecule has 1 atom stereocenters. The van der Waals surface area contributed by atoms with E-state index < -0.39 is 0 Å². The Balaban J connectivity index is 1.37. The summed E-state index contributed by atoms with van der Waals surface area (Å²) in [6.07, 6.45) is 1.98. The van der Waals surface area contributed by atoms with E-state index in [0.29, 0.717) is 13.2 Å². The molecule has 1 aliphatic rings. The first-order valence-electron chi connectivity index (χ1n) is 11.1. The van der Waals surface area contributed by atoms with Gasteiger partial charge in [-0.05, 0) is 44.5 Å². The predicted molar refractivity (Wildman–Crippen MR) is 123 cm³/mol. The largest absolute Gasteiger partial charge is 0.493 e. The lowest BCUT2D eigenvalue weighted by atomic mass is 10.0. The van der Waals surface area contributed by atoms with E-state index in [1.54, 1.807) is 7.11 Å². The molecule has 1 aliphatic heterocycles. The average Bonchev–Trinajstić information content (AvgIpc) is 2.80. The number of para-hydroxylation sites is 2. The van der Waals surface area contributed by atoms with Crippen LogP contribution in [0.4, 0.5) is 0 Å². The Kier molecular flexibility index (Phi) is 8.74. The minimum absolute atomic E-state index is 0.0845. The van der Waals surface area contributed by atoms with E-state index in [-0.39, 0.29) is 18.0 Å². The van der Waals surface area contributed by atoms with Crippen molar-refractivity contribution in [3.05, 3.63) is 60.2 Å². The lowest BCUT2D eigenvalue weighted by Crippen LogP contribution is -2.50. The fourth-order valence-corrected chi connectivity index (χ4v) is 3.83. The topological polar surface area (TPSA) is 54.0 Å². The first kappa shape index (κ1) is 23.1. The van der Waals surface area contributed by atoms with Gasteiger partial charge in [0.05, 0.1) is 13.2 Å². The molecule has 0 spiro atoms. The molecule has 1 N–H and O–H groups in total. The van der Waals surface area contributed by atoms with Crippen LogP contribution in [-0.2, 0) is 11.3 Å². The van der Waals surface area contributed by atoms with Crippen LogP contribution in [0.25, 0.3) is 0 Å². The van der Waals surface area contributed by atoms with Crippen molar-refractivity contribution in [3.63, 3.8) is 0 Å². The van der Waals surface area contributed by atoms with Gasteiger partial charge in [-0.15, -0.1) is 0 Å². The summed E-state index contributed by atoms with van der Waals surface area (Å²) in [6.45, 7) is 6.10. The Hall–Kier alpha value is -2.57. The molecule has 0 radical (unpaired) electrons. The van der Waals surface area contributed by atoms with Gasteiger partial charge in [-0.2, -0.15) is 0 Å². The molecule has 1 fully saturated rings. The molecule has 1 saturated heterocycles. The van der Waals surface area contributed by atoms with E-state index in [1.807, 2.05) is 49.2 Å². The van der Waals surface area contributed by atoms with E-state index in [4.69, 9.17) is 9.47 Å². The van der Waals surface area contributed by atoms with Crippen LogP contribution in [0.1, 0.15) is 25.3 Å². The molecule has 2 aromatic rings. The maximum absolute atomic E-state index is 12.7. The predicted octanol–water partition coefficient (Wildman–Crippen LogP) is 3.18. The van der Waals surface area contributed by atoms with E-state index in [0.717, 1.165) is 44.0 Å². The lowest BCUT2D eigenvalue weighted by Gasteiger charge is -2.33. The number of carbonyl (C=O) groups is 1. The van der Waals surface area contributed by atoms with E-state index in [2.05, 4.69) is 34.5 Å². The number of nitrogens with one attached hydrogen (secondary N) is 1. The summed E-state index contributed by atoms with van der Waals surface area (Å²) < 4.78 is 11.1. The molecule has 0 aromatic heterocycles. The highest BCUT2D eigenvalue weighted by atomic mass is 16.5. The van der Waals surface area contributed by atoms with Crippen molar-refractivity contribution in [2.45, 2.75) is 38.4 Å². The van der Waals surface area contributed by atoms with Gasteiger partial charge >= 0.3 is 0 Å². The number of nitrogens with zero attached hydrogens (tertiary/aromatic N) is 2. The maximum atomic E-state index is 12.7. The molecule has 0 saturated carbocycles. The SMILES string of the molecule is COc1ccccc1OCCN(C)C(C)C(=O)NC1CCN(Cc2ccccc2)CC1. The zero-order valence-corrected chi connectivity index (χ0v) is 18.9. The first-order chi connectivity index (χ1) is 15.1. The zero-order valence-electron chi connectivity index (χ0n) is 18.9. The van der Waals surface area contributed by atoms with Crippen LogP contribution >= 0.6 is 0 Å². The number of hydrogen-bond acceptors (Lipinski definition) is 5. The van der Waals surface area contributed by atoms with Crippen molar-refractivity contribution in [1.29, 1.82) is 0 Å². The number of piperidine rings is 1. The van der Waals surface area contributed by atoms with E-state index in [9.17, 15) is 4.79 Å². The molecule has 1 unspecified atom stereocenters. The van der Waals surface area contributed by atoms with Gasteiger partial charge in [0.25, 0.3) is 0 Å². The fourth-order valence-electron chi connectivity index (χ4n) is 3.83. The van der Waals surface area contributed by atoms with E-state index >= 15 is 0 Å². The molecule has 3 rings (SSSR count). The van der Waals surface area contributed by atoms with Gasteiger partial charge in [0, 0.05) is 32.2 Å². The number of rotatable bonds is 10. The van der Waals surface area contributed by atoms with Crippen LogP contribution in [0, 0.1) is 0 Å². The normalized spacial score (nSPS) is 16.1. The summed E-state index contributed by atoms with van der Waals surface area (Å²) in [4.78, 5) is 17.2. The number of carbonyl (C=O) groups excluding carboxylic acids is 1. The highest BCUT2D eigenvalue weighted by molar-refractivity contribution is 5.81. The smallest absolute Gasteiger partial charge is 0.237 e. The minimum atomic E-state index is -0.205. The highest BCUT2D eigenvalue weighted by Gasteiger charge is 2.24. The molecular formula is C25H35N3O3.